The highest BCUT2D eigenvalue weighted by atomic mass is 16.5. The van der Waals surface area contributed by atoms with E-state index in [0.717, 1.165) is 24.1 Å². The molecule has 0 aliphatic carbocycles. The van der Waals surface area contributed by atoms with Crippen molar-refractivity contribution in [2.45, 2.75) is 12.8 Å². The van der Waals surface area contributed by atoms with E-state index in [2.05, 4.69) is 20.4 Å². The number of hydrazone groups is 1. The fraction of sp³-hybridized carbons (Fsp3) is 0.217. The molecule has 4 rings (SSSR count). The topological polar surface area (TPSA) is 109 Å². The Bertz CT molecular complexity index is 1160. The third-order valence-electron chi connectivity index (χ3n) is 5.11. The lowest BCUT2D eigenvalue weighted by atomic mass is 10.0. The Morgan fingerprint density at radius 3 is 2.66 bits per heavy atom. The number of aromatic nitrogens is 2. The second-order valence-corrected chi connectivity index (χ2v) is 7.10. The third-order valence-corrected chi connectivity index (χ3v) is 5.11. The fourth-order valence-electron chi connectivity index (χ4n) is 3.50. The number of benzene rings is 2. The predicted molar refractivity (Wildman–Crippen MR) is 119 cm³/mol. The first-order valence-electron chi connectivity index (χ1n) is 10.1. The number of anilines is 1. The first kappa shape index (κ1) is 21.1. The van der Waals surface area contributed by atoms with Crippen molar-refractivity contribution in [3.8, 4) is 11.5 Å². The molecular weight excluding hydrogens is 410 g/mol. The average Bonchev–Trinajstić information content (AvgIpc) is 3.39. The van der Waals surface area contributed by atoms with Gasteiger partial charge in [0.05, 0.1) is 37.5 Å². The van der Waals surface area contributed by atoms with Crippen LogP contribution in [0, 0.1) is 0 Å². The number of aromatic amines is 1. The van der Waals surface area contributed by atoms with Gasteiger partial charge in [-0.05, 0) is 43.2 Å². The maximum atomic E-state index is 13.3. The Hall–Kier alpha value is -4.14. The fourth-order valence-corrected chi connectivity index (χ4v) is 3.50. The second-order valence-electron chi connectivity index (χ2n) is 7.10. The van der Waals surface area contributed by atoms with Gasteiger partial charge >= 0.3 is 0 Å². The highest BCUT2D eigenvalue weighted by Gasteiger charge is 2.24. The molecule has 2 heterocycles. The quantitative estimate of drug-likeness (QED) is 0.620. The van der Waals surface area contributed by atoms with E-state index in [-0.39, 0.29) is 11.6 Å². The van der Waals surface area contributed by atoms with Gasteiger partial charge in [0, 0.05) is 18.3 Å². The Balaban J connectivity index is 1.59. The monoisotopic (exact) mass is 433 g/mol. The molecule has 0 radical (unpaired) electrons. The number of nitrogens with zero attached hydrogens (tertiary/aromatic N) is 3. The van der Waals surface area contributed by atoms with Crippen LogP contribution in [0.5, 0.6) is 11.5 Å². The summed E-state index contributed by atoms with van der Waals surface area (Å²) in [6, 6.07) is 12.4. The lowest BCUT2D eigenvalue weighted by Gasteiger charge is -2.25. The van der Waals surface area contributed by atoms with Crippen LogP contribution in [0.4, 0.5) is 5.69 Å². The van der Waals surface area contributed by atoms with Gasteiger partial charge in [-0.3, -0.25) is 9.59 Å². The van der Waals surface area contributed by atoms with Crippen LogP contribution in [0.3, 0.4) is 0 Å². The summed E-state index contributed by atoms with van der Waals surface area (Å²) in [5, 5.41) is 8.80. The van der Waals surface area contributed by atoms with Gasteiger partial charge < -0.3 is 19.8 Å². The molecule has 9 heteroatoms. The molecule has 2 amide bonds. The Morgan fingerprint density at radius 1 is 1.09 bits per heavy atom. The zero-order chi connectivity index (χ0) is 22.5. The summed E-state index contributed by atoms with van der Waals surface area (Å²) in [5.74, 6) is 0.532. The van der Waals surface area contributed by atoms with Crippen LogP contribution in [0.2, 0.25) is 0 Å². The van der Waals surface area contributed by atoms with E-state index in [0.29, 0.717) is 29.3 Å². The van der Waals surface area contributed by atoms with Crippen molar-refractivity contribution in [1.82, 2.24) is 15.0 Å². The lowest BCUT2D eigenvalue weighted by Crippen LogP contribution is -2.33. The van der Waals surface area contributed by atoms with E-state index in [1.165, 1.54) is 17.5 Å². The van der Waals surface area contributed by atoms with Crippen molar-refractivity contribution in [2.75, 3.05) is 26.1 Å². The normalized spacial score (nSPS) is 13.3. The van der Waals surface area contributed by atoms with Gasteiger partial charge in [0.1, 0.15) is 5.69 Å². The number of amides is 2. The molecule has 32 heavy (non-hydrogen) atoms. The van der Waals surface area contributed by atoms with Gasteiger partial charge in [-0.15, -0.1) is 0 Å². The second kappa shape index (κ2) is 9.34. The number of H-pyrrole nitrogens is 1. The molecule has 9 nitrogen and oxygen atoms in total. The Morgan fingerprint density at radius 2 is 1.91 bits per heavy atom. The van der Waals surface area contributed by atoms with Crippen LogP contribution in [0.15, 0.2) is 60.1 Å². The van der Waals surface area contributed by atoms with Crippen molar-refractivity contribution in [1.29, 1.82) is 0 Å². The highest BCUT2D eigenvalue weighted by Crippen LogP contribution is 2.29. The Kier molecular flexibility index (Phi) is 6.16. The molecule has 0 bridgehead atoms. The SMILES string of the molecule is COc1ccc(C2=NN(C(=O)c3ccccc3NC(=O)c3c[nH]cn3)CCC2)cc1OC. The largest absolute Gasteiger partial charge is 0.493 e. The van der Waals surface area contributed by atoms with Crippen molar-refractivity contribution in [3.63, 3.8) is 0 Å². The number of ether oxygens (including phenoxy) is 2. The molecule has 0 atom stereocenters. The van der Waals surface area contributed by atoms with E-state index < -0.39 is 5.91 Å². The van der Waals surface area contributed by atoms with Crippen molar-refractivity contribution in [3.05, 3.63) is 71.8 Å². The van der Waals surface area contributed by atoms with Crippen LogP contribution in [-0.4, -0.2) is 53.3 Å². The Labute approximate surface area is 185 Å². The summed E-state index contributed by atoms with van der Waals surface area (Å²) >= 11 is 0. The van der Waals surface area contributed by atoms with Gasteiger partial charge in [-0.25, -0.2) is 9.99 Å². The smallest absolute Gasteiger partial charge is 0.276 e. The summed E-state index contributed by atoms with van der Waals surface area (Å²) < 4.78 is 10.7. The van der Waals surface area contributed by atoms with E-state index >= 15 is 0 Å². The molecule has 1 aliphatic rings. The minimum Gasteiger partial charge on any atom is -0.493 e. The molecule has 1 aromatic heterocycles. The number of nitrogens with one attached hydrogen (secondary N) is 2. The van der Waals surface area contributed by atoms with Crippen molar-refractivity contribution in [2.24, 2.45) is 5.10 Å². The number of hydrogen-bond acceptors (Lipinski definition) is 6. The van der Waals surface area contributed by atoms with E-state index in [9.17, 15) is 9.59 Å². The third kappa shape index (κ3) is 4.31. The number of imidazole rings is 1. The standard InChI is InChI=1S/C23H23N5O4/c1-31-20-10-9-15(12-21(20)32-2)17-8-5-11-28(27-17)23(30)16-6-3-4-7-18(16)26-22(29)19-13-24-14-25-19/h3-4,6-7,9-10,12-14H,5,8,11H2,1-2H3,(H,24,25)(H,26,29). The highest BCUT2D eigenvalue weighted by molar-refractivity contribution is 6.09. The molecule has 164 valence electrons. The first-order chi connectivity index (χ1) is 15.6. The van der Waals surface area contributed by atoms with Gasteiger partial charge in [0.2, 0.25) is 0 Å². The maximum absolute atomic E-state index is 13.3. The lowest BCUT2D eigenvalue weighted by molar-refractivity contribution is 0.0752. The van der Waals surface area contributed by atoms with E-state index in [1.54, 1.807) is 38.5 Å². The molecular formula is C23H23N5O4. The number of para-hydroxylation sites is 1. The van der Waals surface area contributed by atoms with E-state index in [1.807, 2.05) is 18.2 Å². The summed E-state index contributed by atoms with van der Waals surface area (Å²) in [6.45, 7) is 0.483. The number of carbonyl (C=O) groups excluding carboxylic acids is 2. The number of hydrogen-bond donors (Lipinski definition) is 2. The predicted octanol–water partition coefficient (Wildman–Crippen LogP) is 3.32. The van der Waals surface area contributed by atoms with Crippen LogP contribution >= 0.6 is 0 Å². The van der Waals surface area contributed by atoms with E-state index in [4.69, 9.17) is 9.47 Å². The van der Waals surface area contributed by atoms with Gasteiger partial charge in [-0.1, -0.05) is 12.1 Å². The number of methoxy groups -OCH3 is 2. The average molecular weight is 433 g/mol. The first-order valence-corrected chi connectivity index (χ1v) is 10.1. The van der Waals surface area contributed by atoms with Crippen LogP contribution in [-0.2, 0) is 0 Å². The zero-order valence-electron chi connectivity index (χ0n) is 17.8. The number of rotatable bonds is 6. The van der Waals surface area contributed by atoms with Crippen LogP contribution in [0.1, 0.15) is 39.3 Å². The molecule has 1 aliphatic heterocycles. The minimum absolute atomic E-state index is 0.235. The molecule has 0 saturated carbocycles. The molecule has 0 fully saturated rings. The molecule has 0 spiro atoms. The molecule has 3 aromatic rings. The van der Waals surface area contributed by atoms with Crippen LogP contribution in [0.25, 0.3) is 0 Å². The zero-order valence-corrected chi connectivity index (χ0v) is 17.8. The summed E-state index contributed by atoms with van der Waals surface area (Å²) in [6.07, 6.45) is 4.41. The van der Waals surface area contributed by atoms with Crippen LogP contribution < -0.4 is 14.8 Å². The van der Waals surface area contributed by atoms with Crippen molar-refractivity contribution >= 4 is 23.2 Å². The van der Waals surface area contributed by atoms with Gasteiger partial charge in [0.25, 0.3) is 11.8 Å². The summed E-state index contributed by atoms with van der Waals surface area (Å²) in [4.78, 5) is 32.4. The molecule has 0 unspecified atom stereocenters. The minimum atomic E-state index is -0.403. The molecule has 0 saturated heterocycles. The van der Waals surface area contributed by atoms with Gasteiger partial charge in [-0.2, -0.15) is 5.10 Å². The maximum Gasteiger partial charge on any atom is 0.276 e. The summed E-state index contributed by atoms with van der Waals surface area (Å²) in [7, 11) is 3.16. The molecule has 2 N–H and O–H groups in total. The van der Waals surface area contributed by atoms with Gasteiger partial charge in [0.15, 0.2) is 11.5 Å². The molecule has 2 aromatic carbocycles. The summed E-state index contributed by atoms with van der Waals surface area (Å²) in [5.41, 5.74) is 2.63. The van der Waals surface area contributed by atoms with Crippen molar-refractivity contribution < 1.29 is 19.1 Å². The number of carbonyl (C=O) groups is 2.